The van der Waals surface area contributed by atoms with Crippen LogP contribution in [0.4, 0.5) is 0 Å². The van der Waals surface area contributed by atoms with Crippen LogP contribution in [0.25, 0.3) is 0 Å². The number of benzene rings is 2. The number of ether oxygens (including phenoxy) is 2. The average molecular weight is 355 g/mol. The number of nitrogens with one attached hydrogen (secondary N) is 1. The first kappa shape index (κ1) is 19.5. The van der Waals surface area contributed by atoms with Crippen molar-refractivity contribution in [1.82, 2.24) is 5.32 Å². The monoisotopic (exact) mass is 355 g/mol. The highest BCUT2D eigenvalue weighted by Gasteiger charge is 2.16. The Morgan fingerprint density at radius 1 is 1.04 bits per heavy atom. The lowest BCUT2D eigenvalue weighted by Crippen LogP contribution is -2.26. The van der Waals surface area contributed by atoms with Crippen LogP contribution in [0.5, 0.6) is 5.75 Å². The molecule has 26 heavy (non-hydrogen) atoms. The van der Waals surface area contributed by atoms with E-state index in [1.54, 1.807) is 31.2 Å². The highest BCUT2D eigenvalue weighted by molar-refractivity contribution is 5.94. The van der Waals surface area contributed by atoms with Gasteiger partial charge in [-0.25, -0.2) is 4.79 Å². The summed E-state index contributed by atoms with van der Waals surface area (Å²) in [6.45, 7) is 4.56. The van der Waals surface area contributed by atoms with Gasteiger partial charge in [-0.1, -0.05) is 43.7 Å². The zero-order valence-electron chi connectivity index (χ0n) is 15.2. The summed E-state index contributed by atoms with van der Waals surface area (Å²) in [5.74, 6) is -0.0277. The van der Waals surface area contributed by atoms with E-state index >= 15 is 0 Å². The molecule has 0 spiro atoms. The lowest BCUT2D eigenvalue weighted by Gasteiger charge is -2.14. The normalized spacial score (nSPS) is 11.5. The molecule has 0 aromatic heterocycles. The number of unbranched alkanes of at least 4 members (excludes halogenated alkanes) is 1. The average Bonchev–Trinajstić information content (AvgIpc) is 2.67. The van der Waals surface area contributed by atoms with E-state index < -0.39 is 6.10 Å². The Hall–Kier alpha value is -2.82. The van der Waals surface area contributed by atoms with Crippen LogP contribution in [-0.2, 0) is 16.1 Å². The smallest absolute Gasteiger partial charge is 0.347 e. The Labute approximate surface area is 154 Å². The number of hydrogen-bond acceptors (Lipinski definition) is 4. The molecule has 138 valence electrons. The molecule has 0 unspecified atom stereocenters. The molecule has 0 aliphatic heterocycles. The van der Waals surface area contributed by atoms with Crippen molar-refractivity contribution < 1.29 is 19.1 Å². The SMILES string of the molecule is CCCCOC(=O)[C@H](C)Oc1ccc(C(=O)NCc2ccccc2)cc1. The van der Waals surface area contributed by atoms with Gasteiger partial charge < -0.3 is 14.8 Å². The predicted molar refractivity (Wildman–Crippen MR) is 100 cm³/mol. The fraction of sp³-hybridized carbons (Fsp3) is 0.333. The summed E-state index contributed by atoms with van der Waals surface area (Å²) in [5.41, 5.74) is 1.57. The maximum atomic E-state index is 12.2. The number of rotatable bonds is 9. The molecule has 0 radical (unpaired) electrons. The van der Waals surface area contributed by atoms with Crippen molar-refractivity contribution in [3.63, 3.8) is 0 Å². The zero-order valence-corrected chi connectivity index (χ0v) is 15.2. The molecule has 0 saturated carbocycles. The lowest BCUT2D eigenvalue weighted by molar-refractivity contribution is -0.151. The third-order valence-electron chi connectivity index (χ3n) is 3.80. The van der Waals surface area contributed by atoms with Gasteiger partial charge >= 0.3 is 5.97 Å². The van der Waals surface area contributed by atoms with E-state index in [2.05, 4.69) is 5.32 Å². The Bertz CT molecular complexity index is 698. The van der Waals surface area contributed by atoms with Gasteiger partial charge in [-0.2, -0.15) is 0 Å². The summed E-state index contributed by atoms with van der Waals surface area (Å²) < 4.78 is 10.7. The molecule has 0 fully saturated rings. The van der Waals surface area contributed by atoms with Gasteiger partial charge in [0.2, 0.25) is 0 Å². The number of carbonyl (C=O) groups is 2. The minimum absolute atomic E-state index is 0.160. The van der Waals surface area contributed by atoms with Crippen molar-refractivity contribution >= 4 is 11.9 Å². The van der Waals surface area contributed by atoms with Crippen molar-refractivity contribution in [3.8, 4) is 5.75 Å². The first-order chi connectivity index (χ1) is 12.6. The molecule has 0 aliphatic rings. The number of hydrogen-bond donors (Lipinski definition) is 1. The molecule has 2 aromatic rings. The van der Waals surface area contributed by atoms with Gasteiger partial charge in [0.15, 0.2) is 6.10 Å². The number of esters is 1. The van der Waals surface area contributed by atoms with E-state index in [0.29, 0.717) is 24.5 Å². The van der Waals surface area contributed by atoms with Crippen molar-refractivity contribution in [2.24, 2.45) is 0 Å². The second kappa shape index (κ2) is 10.2. The van der Waals surface area contributed by atoms with Crippen molar-refractivity contribution in [3.05, 3.63) is 65.7 Å². The maximum Gasteiger partial charge on any atom is 0.347 e. The predicted octanol–water partition coefficient (Wildman–Crippen LogP) is 3.73. The Balaban J connectivity index is 1.83. The van der Waals surface area contributed by atoms with Crippen molar-refractivity contribution in [1.29, 1.82) is 0 Å². The van der Waals surface area contributed by atoms with E-state index in [4.69, 9.17) is 9.47 Å². The lowest BCUT2D eigenvalue weighted by atomic mass is 10.2. The van der Waals surface area contributed by atoms with Crippen molar-refractivity contribution in [2.45, 2.75) is 39.3 Å². The highest BCUT2D eigenvalue weighted by atomic mass is 16.6. The molecule has 1 amide bonds. The Kier molecular flexibility index (Phi) is 7.68. The molecule has 1 N–H and O–H groups in total. The minimum atomic E-state index is -0.690. The van der Waals surface area contributed by atoms with Gasteiger partial charge in [0.05, 0.1) is 6.61 Å². The van der Waals surface area contributed by atoms with Gasteiger partial charge in [0.25, 0.3) is 5.91 Å². The first-order valence-electron chi connectivity index (χ1n) is 8.85. The molecule has 5 nitrogen and oxygen atoms in total. The summed E-state index contributed by atoms with van der Waals surface area (Å²) in [4.78, 5) is 24.0. The Morgan fingerprint density at radius 2 is 1.73 bits per heavy atom. The molecule has 0 saturated heterocycles. The van der Waals surface area contributed by atoms with E-state index in [0.717, 1.165) is 18.4 Å². The minimum Gasteiger partial charge on any atom is -0.479 e. The Morgan fingerprint density at radius 3 is 2.38 bits per heavy atom. The summed E-state index contributed by atoms with van der Waals surface area (Å²) in [5, 5.41) is 2.87. The molecule has 0 bridgehead atoms. The quantitative estimate of drug-likeness (QED) is 0.550. The van der Waals surface area contributed by atoms with Gasteiger partial charge in [0.1, 0.15) is 5.75 Å². The summed E-state index contributed by atoms with van der Waals surface area (Å²) >= 11 is 0. The van der Waals surface area contributed by atoms with E-state index in [-0.39, 0.29) is 11.9 Å². The van der Waals surface area contributed by atoms with Crippen LogP contribution in [0.15, 0.2) is 54.6 Å². The second-order valence-electron chi connectivity index (χ2n) is 5.97. The fourth-order valence-corrected chi connectivity index (χ4v) is 2.25. The fourth-order valence-electron chi connectivity index (χ4n) is 2.25. The van der Waals surface area contributed by atoms with E-state index in [9.17, 15) is 9.59 Å². The maximum absolute atomic E-state index is 12.2. The van der Waals surface area contributed by atoms with Gasteiger partial charge in [-0.05, 0) is 43.2 Å². The number of carbonyl (C=O) groups excluding carboxylic acids is 2. The van der Waals surface area contributed by atoms with E-state index in [1.807, 2.05) is 37.3 Å². The van der Waals surface area contributed by atoms with Gasteiger partial charge in [0, 0.05) is 12.1 Å². The highest BCUT2D eigenvalue weighted by Crippen LogP contribution is 2.15. The summed E-state index contributed by atoms with van der Waals surface area (Å²) in [6.07, 6.45) is 1.12. The molecule has 0 heterocycles. The third kappa shape index (κ3) is 6.24. The van der Waals surface area contributed by atoms with Crippen LogP contribution < -0.4 is 10.1 Å². The van der Waals surface area contributed by atoms with Crippen LogP contribution >= 0.6 is 0 Å². The molecular formula is C21H25NO4. The molecule has 5 heteroatoms. The van der Waals surface area contributed by atoms with E-state index in [1.165, 1.54) is 0 Å². The van der Waals surface area contributed by atoms with Crippen LogP contribution in [0.2, 0.25) is 0 Å². The molecule has 2 aromatic carbocycles. The van der Waals surface area contributed by atoms with Gasteiger partial charge in [-0.15, -0.1) is 0 Å². The summed E-state index contributed by atoms with van der Waals surface area (Å²) in [6, 6.07) is 16.4. The first-order valence-corrected chi connectivity index (χ1v) is 8.85. The summed E-state index contributed by atoms with van der Waals surface area (Å²) in [7, 11) is 0. The van der Waals surface area contributed by atoms with Crippen molar-refractivity contribution in [2.75, 3.05) is 6.61 Å². The molecule has 2 rings (SSSR count). The largest absolute Gasteiger partial charge is 0.479 e. The van der Waals surface area contributed by atoms with Crippen LogP contribution in [0, 0.1) is 0 Å². The standard InChI is InChI=1S/C21H25NO4/c1-3-4-14-25-21(24)16(2)26-19-12-10-18(11-13-19)20(23)22-15-17-8-6-5-7-9-17/h5-13,16H,3-4,14-15H2,1-2H3,(H,22,23)/t16-/m0/s1. The van der Waals surface area contributed by atoms with Gasteiger partial charge in [-0.3, -0.25) is 4.79 Å². The molecule has 0 aliphatic carbocycles. The molecular weight excluding hydrogens is 330 g/mol. The van der Waals surface area contributed by atoms with Crippen LogP contribution in [0.1, 0.15) is 42.6 Å². The topological polar surface area (TPSA) is 64.6 Å². The van der Waals surface area contributed by atoms with Crippen LogP contribution in [-0.4, -0.2) is 24.6 Å². The zero-order chi connectivity index (χ0) is 18.8. The molecule has 1 atom stereocenters. The van der Waals surface area contributed by atoms with Crippen LogP contribution in [0.3, 0.4) is 0 Å². The second-order valence-corrected chi connectivity index (χ2v) is 5.97. The third-order valence-corrected chi connectivity index (χ3v) is 3.80. The number of amides is 1.